The molecule has 0 atom stereocenters. The number of carbonyl (C=O) groups is 2. The molecule has 2 aromatic rings. The third-order valence-corrected chi connectivity index (χ3v) is 5.89. The number of likely N-dealkylation sites (N-methyl/N-ethyl adjacent to an activating group) is 1. The third-order valence-electron chi connectivity index (χ3n) is 4.85. The van der Waals surface area contributed by atoms with Gasteiger partial charge in [-0.15, -0.1) is 11.3 Å². The summed E-state index contributed by atoms with van der Waals surface area (Å²) in [7, 11) is 5.37. The Morgan fingerprint density at radius 2 is 2.00 bits per heavy atom. The Morgan fingerprint density at radius 1 is 1.31 bits per heavy atom. The van der Waals surface area contributed by atoms with Gasteiger partial charge in [0.1, 0.15) is 11.4 Å². The van der Waals surface area contributed by atoms with Gasteiger partial charge < -0.3 is 15.1 Å². The summed E-state index contributed by atoms with van der Waals surface area (Å²) in [6.45, 7) is 3.07. The molecule has 0 spiro atoms. The number of nitrogens with zero attached hydrogens (tertiary/aromatic N) is 4. The number of piperidine rings is 1. The lowest BCUT2D eigenvalue weighted by Gasteiger charge is -2.42. The van der Waals surface area contributed by atoms with E-state index < -0.39 is 5.54 Å². The average molecular weight is 375 g/mol. The highest BCUT2D eigenvalue weighted by Crippen LogP contribution is 2.30. The molecule has 0 aromatic carbocycles. The maximum atomic E-state index is 12.9. The van der Waals surface area contributed by atoms with Gasteiger partial charge in [0.2, 0.25) is 5.91 Å². The lowest BCUT2D eigenvalue weighted by Crippen LogP contribution is -2.58. The fourth-order valence-corrected chi connectivity index (χ4v) is 4.22. The number of thiophene rings is 1. The van der Waals surface area contributed by atoms with Crippen molar-refractivity contribution in [3.63, 3.8) is 0 Å². The summed E-state index contributed by atoms with van der Waals surface area (Å²) in [5.41, 5.74) is 0.379. The van der Waals surface area contributed by atoms with Crippen LogP contribution in [0.4, 0.5) is 5.82 Å². The van der Waals surface area contributed by atoms with Gasteiger partial charge >= 0.3 is 0 Å². The first-order valence-corrected chi connectivity index (χ1v) is 9.53. The number of carbonyl (C=O) groups excluding carboxylic acids is 2. The smallest absolute Gasteiger partial charge is 0.263 e. The number of amides is 2. The predicted molar refractivity (Wildman–Crippen MR) is 102 cm³/mol. The molecule has 1 aliphatic heterocycles. The van der Waals surface area contributed by atoms with Gasteiger partial charge in [-0.3, -0.25) is 14.3 Å². The summed E-state index contributed by atoms with van der Waals surface area (Å²) in [5.74, 6) is 0.876. The number of hydrogen-bond acceptors (Lipinski definition) is 5. The maximum absolute atomic E-state index is 12.9. The molecule has 140 valence electrons. The molecule has 1 N–H and O–H groups in total. The second-order valence-electron chi connectivity index (χ2n) is 7.03. The van der Waals surface area contributed by atoms with E-state index in [1.165, 1.54) is 11.3 Å². The van der Waals surface area contributed by atoms with Crippen LogP contribution in [0.25, 0.3) is 0 Å². The van der Waals surface area contributed by atoms with Crippen LogP contribution < -0.4 is 5.32 Å². The molecule has 3 heterocycles. The van der Waals surface area contributed by atoms with E-state index in [1.54, 1.807) is 29.9 Å². The first-order valence-electron chi connectivity index (χ1n) is 8.65. The van der Waals surface area contributed by atoms with Crippen molar-refractivity contribution in [3.8, 4) is 0 Å². The summed E-state index contributed by atoms with van der Waals surface area (Å²) in [6.07, 6.45) is 2.82. The fraction of sp³-hybridized carbons (Fsp3) is 0.500. The average Bonchev–Trinajstić information content (AvgIpc) is 3.23. The monoisotopic (exact) mass is 375 g/mol. The topological polar surface area (TPSA) is 70.5 Å². The van der Waals surface area contributed by atoms with Crippen molar-refractivity contribution in [3.05, 3.63) is 34.2 Å². The molecular weight excluding hydrogens is 350 g/mol. The molecule has 0 radical (unpaired) electrons. The first-order chi connectivity index (χ1) is 12.3. The molecule has 2 amide bonds. The lowest BCUT2D eigenvalue weighted by atomic mass is 9.85. The third kappa shape index (κ3) is 3.46. The van der Waals surface area contributed by atoms with Gasteiger partial charge in [-0.05, 0) is 36.8 Å². The Kier molecular flexibility index (Phi) is 5.04. The van der Waals surface area contributed by atoms with Crippen LogP contribution >= 0.6 is 11.3 Å². The zero-order chi connectivity index (χ0) is 18.9. The summed E-state index contributed by atoms with van der Waals surface area (Å²) < 4.78 is 1.72. The molecule has 3 rings (SSSR count). The van der Waals surface area contributed by atoms with E-state index in [1.807, 2.05) is 36.4 Å². The number of anilines is 1. The molecule has 1 saturated heterocycles. The molecule has 8 heteroatoms. The van der Waals surface area contributed by atoms with Crippen molar-refractivity contribution >= 4 is 29.0 Å². The molecular formula is C18H25N5O2S. The van der Waals surface area contributed by atoms with Crippen LogP contribution in [0.2, 0.25) is 0 Å². The highest BCUT2D eigenvalue weighted by molar-refractivity contribution is 7.12. The minimum Gasteiger partial charge on any atom is -0.356 e. The minimum atomic E-state index is -0.723. The molecule has 1 fully saturated rings. The van der Waals surface area contributed by atoms with Crippen LogP contribution in [0.5, 0.6) is 0 Å². The van der Waals surface area contributed by atoms with E-state index >= 15 is 0 Å². The Bertz CT molecular complexity index is 802. The summed E-state index contributed by atoms with van der Waals surface area (Å²) in [6, 6.07) is 3.78. The Morgan fingerprint density at radius 3 is 2.50 bits per heavy atom. The van der Waals surface area contributed by atoms with E-state index in [-0.39, 0.29) is 11.8 Å². The molecule has 7 nitrogen and oxygen atoms in total. The van der Waals surface area contributed by atoms with Crippen LogP contribution in [0.3, 0.4) is 0 Å². The largest absolute Gasteiger partial charge is 0.356 e. The summed E-state index contributed by atoms with van der Waals surface area (Å²) >= 11 is 1.47. The van der Waals surface area contributed by atoms with Crippen LogP contribution in [-0.4, -0.2) is 64.1 Å². The van der Waals surface area contributed by atoms with Crippen LogP contribution in [0, 0.1) is 6.92 Å². The van der Waals surface area contributed by atoms with Crippen LogP contribution in [0.15, 0.2) is 23.7 Å². The van der Waals surface area contributed by atoms with Crippen LogP contribution in [-0.2, 0) is 11.8 Å². The molecule has 0 bridgehead atoms. The maximum Gasteiger partial charge on any atom is 0.263 e. The van der Waals surface area contributed by atoms with Crippen molar-refractivity contribution in [2.24, 2.45) is 7.05 Å². The molecule has 2 aromatic heterocycles. The molecule has 0 saturated carbocycles. The van der Waals surface area contributed by atoms with Crippen molar-refractivity contribution in [2.45, 2.75) is 25.3 Å². The highest BCUT2D eigenvalue weighted by Gasteiger charge is 2.43. The quantitative estimate of drug-likeness (QED) is 0.887. The zero-order valence-electron chi connectivity index (χ0n) is 15.7. The first kappa shape index (κ1) is 18.4. The summed E-state index contributed by atoms with van der Waals surface area (Å²) in [4.78, 5) is 29.9. The zero-order valence-corrected chi connectivity index (χ0v) is 16.5. The predicted octanol–water partition coefficient (Wildman–Crippen LogP) is 1.97. The van der Waals surface area contributed by atoms with Gasteiger partial charge in [0, 0.05) is 40.3 Å². The van der Waals surface area contributed by atoms with E-state index in [9.17, 15) is 9.59 Å². The Labute approximate surface area is 157 Å². The Balaban J connectivity index is 1.77. The summed E-state index contributed by atoms with van der Waals surface area (Å²) in [5, 5.41) is 9.56. The van der Waals surface area contributed by atoms with E-state index in [0.29, 0.717) is 25.9 Å². The van der Waals surface area contributed by atoms with Gasteiger partial charge in [-0.1, -0.05) is 0 Å². The van der Waals surface area contributed by atoms with Gasteiger partial charge in [-0.2, -0.15) is 5.10 Å². The number of hydrogen-bond donors (Lipinski definition) is 1. The number of nitrogens with one attached hydrogen (secondary N) is 1. The van der Waals surface area contributed by atoms with E-state index in [2.05, 4.69) is 10.4 Å². The van der Waals surface area contributed by atoms with Crippen molar-refractivity contribution in [1.29, 1.82) is 0 Å². The van der Waals surface area contributed by atoms with E-state index in [0.717, 1.165) is 16.3 Å². The minimum absolute atomic E-state index is 0.0257. The van der Waals surface area contributed by atoms with E-state index in [4.69, 9.17) is 0 Å². The van der Waals surface area contributed by atoms with Gasteiger partial charge in [0.25, 0.3) is 5.91 Å². The van der Waals surface area contributed by atoms with Gasteiger partial charge in [0.05, 0.1) is 11.1 Å². The molecule has 26 heavy (non-hydrogen) atoms. The van der Waals surface area contributed by atoms with Crippen molar-refractivity contribution in [2.75, 3.05) is 32.5 Å². The number of aryl methyl sites for hydroxylation is 2. The number of likely N-dealkylation sites (tertiary alicyclic amines) is 1. The molecule has 0 aliphatic carbocycles. The molecule has 1 aliphatic rings. The van der Waals surface area contributed by atoms with Crippen LogP contribution in [0.1, 0.15) is 28.1 Å². The van der Waals surface area contributed by atoms with Gasteiger partial charge in [-0.25, -0.2) is 0 Å². The fourth-order valence-electron chi connectivity index (χ4n) is 3.35. The lowest BCUT2D eigenvalue weighted by molar-refractivity contribution is -0.135. The molecule has 0 unspecified atom stereocenters. The van der Waals surface area contributed by atoms with Crippen molar-refractivity contribution in [1.82, 2.24) is 19.6 Å². The Hall–Kier alpha value is -2.35. The SMILES string of the molecule is Cc1csc(C(=O)N2CCC(Nc3ccnn3C)(C(=O)N(C)C)CC2)c1. The second kappa shape index (κ2) is 7.11. The second-order valence-corrected chi connectivity index (χ2v) is 7.94. The van der Waals surface area contributed by atoms with Gasteiger partial charge in [0.15, 0.2) is 0 Å². The standard InChI is InChI=1S/C18H25N5O2S/c1-13-11-14(26-12-13)16(24)23-9-6-18(7-10-23,17(25)21(2)3)20-15-5-8-19-22(15)4/h5,8,11-12,20H,6-7,9-10H2,1-4H3. The normalized spacial score (nSPS) is 16.4. The number of aromatic nitrogens is 2. The van der Waals surface area contributed by atoms with Crippen molar-refractivity contribution < 1.29 is 9.59 Å². The number of rotatable bonds is 4. The highest BCUT2D eigenvalue weighted by atomic mass is 32.1.